The maximum Gasteiger partial charge on any atom is 0.0822 e. The molecule has 0 aromatic carbocycles. The Hall–Kier alpha value is -0.600. The van der Waals surface area contributed by atoms with Crippen molar-refractivity contribution in [2.24, 2.45) is 17.3 Å². The van der Waals surface area contributed by atoms with E-state index >= 15 is 0 Å². The maximum absolute atomic E-state index is 10.3. The molecule has 0 heterocycles. The quantitative estimate of drug-likeness (QED) is 0.703. The highest BCUT2D eigenvalue weighted by atomic mass is 16.3. The topological polar surface area (TPSA) is 40.5 Å². The van der Waals surface area contributed by atoms with Gasteiger partial charge in [-0.1, -0.05) is 51.5 Å². The molecule has 2 aliphatic carbocycles. The Kier molecular flexibility index (Phi) is 5.55. The van der Waals surface area contributed by atoms with E-state index in [1.54, 1.807) is 0 Å². The first-order chi connectivity index (χ1) is 10.4. The summed E-state index contributed by atoms with van der Waals surface area (Å²) in [7, 11) is 0. The second kappa shape index (κ2) is 6.88. The second-order valence-electron chi connectivity index (χ2n) is 7.73. The van der Waals surface area contributed by atoms with Crippen LogP contribution >= 0.6 is 0 Å². The lowest BCUT2D eigenvalue weighted by Gasteiger charge is -2.43. The number of hydrogen-bond acceptors (Lipinski definition) is 2. The monoisotopic (exact) mass is 306 g/mol. The molecule has 0 saturated heterocycles. The molecule has 2 rings (SSSR count). The summed E-state index contributed by atoms with van der Waals surface area (Å²) >= 11 is 0. The molecular formula is C20H34O2. The van der Waals surface area contributed by atoms with Crippen molar-refractivity contribution in [3.8, 4) is 0 Å². The predicted octanol–water partition coefficient (Wildman–Crippen LogP) is 4.62. The summed E-state index contributed by atoms with van der Waals surface area (Å²) in [5.74, 6) is 0.917. The van der Waals surface area contributed by atoms with Crippen LogP contribution in [0.2, 0.25) is 0 Å². The Bertz CT molecular complexity index is 433. The van der Waals surface area contributed by atoms with E-state index in [4.69, 9.17) is 0 Å². The van der Waals surface area contributed by atoms with Gasteiger partial charge in [0.2, 0.25) is 0 Å². The zero-order valence-corrected chi connectivity index (χ0v) is 14.8. The van der Waals surface area contributed by atoms with Gasteiger partial charge in [0.25, 0.3) is 0 Å². The van der Waals surface area contributed by atoms with Crippen molar-refractivity contribution in [1.82, 2.24) is 0 Å². The summed E-state index contributed by atoms with van der Waals surface area (Å²) in [4.78, 5) is 0. The fraction of sp³-hybridized carbons (Fsp3) is 0.800. The summed E-state index contributed by atoms with van der Waals surface area (Å²) < 4.78 is 0. The zero-order valence-electron chi connectivity index (χ0n) is 14.8. The zero-order chi connectivity index (χ0) is 16.4. The second-order valence-corrected chi connectivity index (χ2v) is 7.73. The largest absolute Gasteiger partial charge is 0.393 e. The molecular weight excluding hydrogens is 272 g/mol. The van der Waals surface area contributed by atoms with Crippen LogP contribution in [0.3, 0.4) is 0 Å². The van der Waals surface area contributed by atoms with Crippen LogP contribution in [0.4, 0.5) is 0 Å². The third-order valence-electron chi connectivity index (χ3n) is 6.40. The first kappa shape index (κ1) is 17.7. The van der Waals surface area contributed by atoms with Crippen LogP contribution in [0.5, 0.6) is 0 Å². The van der Waals surface area contributed by atoms with Gasteiger partial charge in [0, 0.05) is 0 Å². The fourth-order valence-corrected chi connectivity index (χ4v) is 4.62. The molecule has 1 fully saturated rings. The van der Waals surface area contributed by atoms with Crippen molar-refractivity contribution in [2.45, 2.75) is 84.3 Å². The third kappa shape index (κ3) is 3.33. The summed E-state index contributed by atoms with van der Waals surface area (Å²) in [6, 6.07) is 0. The molecule has 0 unspecified atom stereocenters. The Balaban J connectivity index is 2.01. The van der Waals surface area contributed by atoms with Crippen LogP contribution in [-0.4, -0.2) is 21.9 Å². The van der Waals surface area contributed by atoms with E-state index in [9.17, 15) is 10.2 Å². The molecule has 126 valence electrons. The van der Waals surface area contributed by atoms with Crippen molar-refractivity contribution in [3.63, 3.8) is 0 Å². The molecule has 0 amide bonds. The van der Waals surface area contributed by atoms with E-state index < -0.39 is 5.60 Å². The number of aliphatic hydroxyl groups excluding tert-OH is 1. The Morgan fingerprint density at radius 3 is 2.73 bits per heavy atom. The lowest BCUT2D eigenvalue weighted by Crippen LogP contribution is -2.39. The van der Waals surface area contributed by atoms with Crippen molar-refractivity contribution < 1.29 is 10.2 Å². The Morgan fingerprint density at radius 1 is 1.41 bits per heavy atom. The average molecular weight is 306 g/mol. The molecule has 22 heavy (non-hydrogen) atoms. The van der Waals surface area contributed by atoms with Gasteiger partial charge in [-0.25, -0.2) is 0 Å². The van der Waals surface area contributed by atoms with Gasteiger partial charge in [-0.2, -0.15) is 0 Å². The number of allylic oxidation sites excluding steroid dienone is 3. The summed E-state index contributed by atoms with van der Waals surface area (Å²) in [5, 5.41) is 20.7. The molecule has 1 saturated carbocycles. The van der Waals surface area contributed by atoms with Crippen LogP contribution < -0.4 is 0 Å². The molecule has 2 heteroatoms. The van der Waals surface area contributed by atoms with E-state index in [2.05, 4.69) is 26.0 Å². The van der Waals surface area contributed by atoms with Crippen LogP contribution in [-0.2, 0) is 0 Å². The fourth-order valence-electron chi connectivity index (χ4n) is 4.62. The van der Waals surface area contributed by atoms with E-state index in [1.165, 1.54) is 12.0 Å². The first-order valence-electron chi connectivity index (χ1n) is 9.15. The summed E-state index contributed by atoms with van der Waals surface area (Å²) in [6.07, 6.45) is 13.3. The Labute approximate surface area is 136 Å². The molecule has 0 aromatic rings. The molecule has 2 aliphatic rings. The molecule has 2 nitrogen and oxygen atoms in total. The van der Waals surface area contributed by atoms with Crippen LogP contribution in [0.1, 0.15) is 72.6 Å². The SMILES string of the molecule is CCC(O)(/C=C/C[C@H](C)C1=CC[C@H]2[C@@H](O)CCC[C@@]12C)CC. The lowest BCUT2D eigenvalue weighted by atomic mass is 9.63. The van der Waals surface area contributed by atoms with Gasteiger partial charge < -0.3 is 10.2 Å². The number of fused-ring (bicyclic) bond motifs is 1. The normalized spacial score (nSPS) is 33.8. The highest BCUT2D eigenvalue weighted by Crippen LogP contribution is 2.55. The van der Waals surface area contributed by atoms with Gasteiger partial charge in [-0.05, 0) is 62.2 Å². The van der Waals surface area contributed by atoms with Gasteiger partial charge in [-0.15, -0.1) is 0 Å². The molecule has 4 atom stereocenters. The van der Waals surface area contributed by atoms with E-state index in [0.29, 0.717) is 11.8 Å². The van der Waals surface area contributed by atoms with Gasteiger partial charge >= 0.3 is 0 Å². The first-order valence-corrected chi connectivity index (χ1v) is 9.15. The molecule has 0 radical (unpaired) electrons. The smallest absolute Gasteiger partial charge is 0.0822 e. The molecule has 0 bridgehead atoms. The predicted molar refractivity (Wildman–Crippen MR) is 92.6 cm³/mol. The summed E-state index contributed by atoms with van der Waals surface area (Å²) in [5.41, 5.74) is 1.09. The van der Waals surface area contributed by atoms with Crippen molar-refractivity contribution >= 4 is 0 Å². The van der Waals surface area contributed by atoms with E-state index in [-0.39, 0.29) is 11.5 Å². The lowest BCUT2D eigenvalue weighted by molar-refractivity contribution is 0.00804. The minimum atomic E-state index is -0.642. The number of rotatable bonds is 6. The average Bonchev–Trinajstić information content (AvgIpc) is 2.85. The highest BCUT2D eigenvalue weighted by molar-refractivity contribution is 5.26. The van der Waals surface area contributed by atoms with E-state index in [0.717, 1.165) is 38.5 Å². The Morgan fingerprint density at radius 2 is 2.09 bits per heavy atom. The minimum absolute atomic E-state index is 0.125. The van der Waals surface area contributed by atoms with Crippen molar-refractivity contribution in [2.75, 3.05) is 0 Å². The number of hydrogen-bond donors (Lipinski definition) is 2. The van der Waals surface area contributed by atoms with Crippen molar-refractivity contribution in [1.29, 1.82) is 0 Å². The molecule has 0 aliphatic heterocycles. The van der Waals surface area contributed by atoms with Gasteiger partial charge in [0.15, 0.2) is 0 Å². The summed E-state index contributed by atoms with van der Waals surface area (Å²) in [6.45, 7) is 8.72. The van der Waals surface area contributed by atoms with Crippen LogP contribution in [0.25, 0.3) is 0 Å². The van der Waals surface area contributed by atoms with Gasteiger partial charge in [0.05, 0.1) is 11.7 Å². The number of aliphatic hydroxyl groups is 2. The molecule has 0 aromatic heterocycles. The third-order valence-corrected chi connectivity index (χ3v) is 6.40. The standard InChI is InChI=1S/C20H34O2/c1-5-20(22,6-2)14-7-9-15(3)16-11-12-17-18(21)10-8-13-19(16,17)4/h7,11,14-15,17-18,21-22H,5-6,8-10,12-13H2,1-4H3/b14-7+/t15-,17-,18-,19-/m0/s1. The minimum Gasteiger partial charge on any atom is -0.393 e. The molecule has 2 N–H and O–H groups in total. The molecule has 0 spiro atoms. The maximum atomic E-state index is 10.3. The highest BCUT2D eigenvalue weighted by Gasteiger charge is 2.47. The van der Waals surface area contributed by atoms with Crippen LogP contribution in [0, 0.1) is 17.3 Å². The van der Waals surface area contributed by atoms with Crippen LogP contribution in [0.15, 0.2) is 23.8 Å². The van der Waals surface area contributed by atoms with Crippen molar-refractivity contribution in [3.05, 3.63) is 23.8 Å². The van der Waals surface area contributed by atoms with Gasteiger partial charge in [0.1, 0.15) is 0 Å². The van der Waals surface area contributed by atoms with Gasteiger partial charge in [-0.3, -0.25) is 0 Å². The van der Waals surface area contributed by atoms with E-state index in [1.807, 2.05) is 19.9 Å².